The highest BCUT2D eigenvalue weighted by atomic mass is 16.2. The van der Waals surface area contributed by atoms with Crippen LogP contribution < -0.4 is 10.2 Å². The van der Waals surface area contributed by atoms with Crippen LogP contribution >= 0.6 is 0 Å². The molecule has 1 aromatic carbocycles. The van der Waals surface area contributed by atoms with Gasteiger partial charge in [-0.2, -0.15) is 0 Å². The van der Waals surface area contributed by atoms with Crippen LogP contribution in [0.2, 0.25) is 0 Å². The lowest BCUT2D eigenvalue weighted by atomic mass is 10.3. The second-order valence-corrected chi connectivity index (χ2v) is 5.33. The summed E-state index contributed by atoms with van der Waals surface area (Å²) in [6.45, 7) is 3.30. The molecule has 0 bridgehead atoms. The van der Waals surface area contributed by atoms with Crippen LogP contribution in [0.5, 0.6) is 0 Å². The van der Waals surface area contributed by atoms with Gasteiger partial charge in [0, 0.05) is 49.9 Å². The van der Waals surface area contributed by atoms with Crippen molar-refractivity contribution in [3.8, 4) is 0 Å². The number of benzene rings is 1. The minimum Gasteiger partial charge on any atom is -0.370 e. The van der Waals surface area contributed by atoms with Gasteiger partial charge in [0.15, 0.2) is 0 Å². The van der Waals surface area contributed by atoms with E-state index in [2.05, 4.69) is 15.2 Å². The molecule has 2 heterocycles. The third-order valence-electron chi connectivity index (χ3n) is 3.84. The van der Waals surface area contributed by atoms with E-state index in [4.69, 9.17) is 0 Å². The van der Waals surface area contributed by atoms with Crippen molar-refractivity contribution in [2.24, 2.45) is 0 Å². The molecule has 1 aliphatic rings. The van der Waals surface area contributed by atoms with Gasteiger partial charge < -0.3 is 15.1 Å². The first kappa shape index (κ1) is 14.4. The van der Waals surface area contributed by atoms with Crippen LogP contribution in [-0.4, -0.2) is 42.1 Å². The van der Waals surface area contributed by atoms with E-state index in [0.29, 0.717) is 0 Å². The number of carbonyl (C=O) groups excluding carboxylic acids is 1. The van der Waals surface area contributed by atoms with Gasteiger partial charge in [0.2, 0.25) is 0 Å². The van der Waals surface area contributed by atoms with Crippen LogP contribution in [0.1, 0.15) is 6.42 Å². The number of rotatable bonds is 2. The molecule has 2 amide bonds. The molecule has 0 radical (unpaired) electrons. The lowest BCUT2D eigenvalue weighted by molar-refractivity contribution is 0.215. The predicted molar refractivity (Wildman–Crippen MR) is 88.1 cm³/mol. The Labute approximate surface area is 130 Å². The van der Waals surface area contributed by atoms with Gasteiger partial charge in [-0.25, -0.2) is 4.79 Å². The Morgan fingerprint density at radius 1 is 0.955 bits per heavy atom. The summed E-state index contributed by atoms with van der Waals surface area (Å²) >= 11 is 0. The highest BCUT2D eigenvalue weighted by Crippen LogP contribution is 2.15. The van der Waals surface area contributed by atoms with Gasteiger partial charge in [-0.05, 0) is 30.7 Å². The quantitative estimate of drug-likeness (QED) is 0.927. The van der Waals surface area contributed by atoms with E-state index in [0.717, 1.165) is 38.3 Å². The van der Waals surface area contributed by atoms with Gasteiger partial charge in [0.1, 0.15) is 0 Å². The maximum Gasteiger partial charge on any atom is 0.321 e. The minimum absolute atomic E-state index is 0.0252. The van der Waals surface area contributed by atoms with Gasteiger partial charge in [-0.1, -0.05) is 18.2 Å². The van der Waals surface area contributed by atoms with Crippen molar-refractivity contribution < 1.29 is 4.79 Å². The SMILES string of the molecule is O=C(Nc1ccccc1)N1CCCN(c2ccncc2)CC1. The average Bonchev–Trinajstić information content (AvgIpc) is 2.83. The van der Waals surface area contributed by atoms with Crippen LogP contribution in [0.15, 0.2) is 54.9 Å². The fraction of sp³-hybridized carbons (Fsp3) is 0.294. The number of anilines is 2. The van der Waals surface area contributed by atoms with Crippen LogP contribution in [-0.2, 0) is 0 Å². The lowest BCUT2D eigenvalue weighted by Crippen LogP contribution is -2.38. The van der Waals surface area contributed by atoms with E-state index in [1.54, 1.807) is 12.4 Å². The number of aromatic nitrogens is 1. The third-order valence-corrected chi connectivity index (χ3v) is 3.84. The highest BCUT2D eigenvalue weighted by molar-refractivity contribution is 5.89. The molecule has 1 saturated heterocycles. The zero-order chi connectivity index (χ0) is 15.2. The molecule has 0 aliphatic carbocycles. The smallest absolute Gasteiger partial charge is 0.321 e. The summed E-state index contributed by atoms with van der Waals surface area (Å²) in [5, 5.41) is 2.95. The summed E-state index contributed by atoms with van der Waals surface area (Å²) in [4.78, 5) is 20.6. The molecule has 2 aromatic rings. The van der Waals surface area contributed by atoms with Crippen LogP contribution in [0.25, 0.3) is 0 Å². The van der Waals surface area contributed by atoms with Crippen LogP contribution in [0.3, 0.4) is 0 Å². The fourth-order valence-electron chi connectivity index (χ4n) is 2.66. The summed E-state index contributed by atoms with van der Waals surface area (Å²) in [5.41, 5.74) is 2.00. The molecule has 0 unspecified atom stereocenters. The Hall–Kier alpha value is -2.56. The minimum atomic E-state index is -0.0252. The molecule has 1 aliphatic heterocycles. The van der Waals surface area contributed by atoms with E-state index in [1.165, 1.54) is 5.69 Å². The molecule has 1 N–H and O–H groups in total. The number of amides is 2. The Balaban J connectivity index is 1.59. The molecule has 1 fully saturated rings. The molecule has 5 heteroatoms. The average molecular weight is 296 g/mol. The van der Waals surface area contributed by atoms with E-state index < -0.39 is 0 Å². The van der Waals surface area contributed by atoms with Crippen molar-refractivity contribution in [1.82, 2.24) is 9.88 Å². The van der Waals surface area contributed by atoms with Crippen molar-refractivity contribution in [3.05, 3.63) is 54.9 Å². The normalized spacial score (nSPS) is 15.3. The lowest BCUT2D eigenvalue weighted by Gasteiger charge is -2.23. The largest absolute Gasteiger partial charge is 0.370 e. The first-order chi connectivity index (χ1) is 10.8. The second-order valence-electron chi connectivity index (χ2n) is 5.33. The van der Waals surface area contributed by atoms with Gasteiger partial charge in [0.25, 0.3) is 0 Å². The molecule has 3 rings (SSSR count). The van der Waals surface area contributed by atoms with Crippen molar-refractivity contribution >= 4 is 17.4 Å². The molecular formula is C17H20N4O. The number of urea groups is 1. The van der Waals surface area contributed by atoms with Crippen LogP contribution in [0.4, 0.5) is 16.2 Å². The fourth-order valence-corrected chi connectivity index (χ4v) is 2.66. The summed E-state index contributed by atoms with van der Waals surface area (Å²) in [6, 6.07) is 13.6. The molecule has 0 saturated carbocycles. The summed E-state index contributed by atoms with van der Waals surface area (Å²) in [7, 11) is 0. The number of carbonyl (C=O) groups is 1. The molecule has 22 heavy (non-hydrogen) atoms. The molecule has 1 aromatic heterocycles. The summed E-state index contributed by atoms with van der Waals surface area (Å²) < 4.78 is 0. The maximum absolute atomic E-state index is 12.3. The van der Waals surface area contributed by atoms with Gasteiger partial charge in [-0.3, -0.25) is 4.98 Å². The number of nitrogens with one attached hydrogen (secondary N) is 1. The zero-order valence-corrected chi connectivity index (χ0v) is 12.5. The van der Waals surface area contributed by atoms with E-state index in [1.807, 2.05) is 47.4 Å². The van der Waals surface area contributed by atoms with Crippen molar-refractivity contribution in [3.63, 3.8) is 0 Å². The third kappa shape index (κ3) is 3.55. The topological polar surface area (TPSA) is 48.5 Å². The Morgan fingerprint density at radius 2 is 1.73 bits per heavy atom. The standard InChI is InChI=1S/C17H20N4O/c22-17(19-15-5-2-1-3-6-15)21-12-4-11-20(13-14-21)16-7-9-18-10-8-16/h1-3,5-10H,4,11-14H2,(H,19,22). The molecule has 0 spiro atoms. The number of hydrogen-bond acceptors (Lipinski definition) is 3. The first-order valence-corrected chi connectivity index (χ1v) is 7.59. The number of nitrogens with zero attached hydrogens (tertiary/aromatic N) is 3. The highest BCUT2D eigenvalue weighted by Gasteiger charge is 2.19. The Morgan fingerprint density at radius 3 is 2.50 bits per heavy atom. The van der Waals surface area contributed by atoms with E-state index in [9.17, 15) is 4.79 Å². The Kier molecular flexibility index (Phi) is 4.53. The number of pyridine rings is 1. The molecule has 114 valence electrons. The molecule has 5 nitrogen and oxygen atoms in total. The predicted octanol–water partition coefficient (Wildman–Crippen LogP) is 2.83. The summed E-state index contributed by atoms with van der Waals surface area (Å²) in [6.07, 6.45) is 4.57. The first-order valence-electron chi connectivity index (χ1n) is 7.59. The van der Waals surface area contributed by atoms with Crippen molar-refractivity contribution in [2.75, 3.05) is 36.4 Å². The van der Waals surface area contributed by atoms with Crippen molar-refractivity contribution in [1.29, 1.82) is 0 Å². The van der Waals surface area contributed by atoms with Gasteiger partial charge >= 0.3 is 6.03 Å². The second kappa shape index (κ2) is 6.93. The van der Waals surface area contributed by atoms with E-state index >= 15 is 0 Å². The number of para-hydroxylation sites is 1. The maximum atomic E-state index is 12.3. The van der Waals surface area contributed by atoms with Crippen molar-refractivity contribution in [2.45, 2.75) is 6.42 Å². The number of hydrogen-bond donors (Lipinski definition) is 1. The van der Waals surface area contributed by atoms with Gasteiger partial charge in [0.05, 0.1) is 0 Å². The van der Waals surface area contributed by atoms with Crippen LogP contribution in [0, 0.1) is 0 Å². The van der Waals surface area contributed by atoms with E-state index in [-0.39, 0.29) is 6.03 Å². The van der Waals surface area contributed by atoms with Gasteiger partial charge in [-0.15, -0.1) is 0 Å². The summed E-state index contributed by atoms with van der Waals surface area (Å²) in [5.74, 6) is 0. The molecule has 0 atom stereocenters. The monoisotopic (exact) mass is 296 g/mol. The Bertz CT molecular complexity index is 603. The zero-order valence-electron chi connectivity index (χ0n) is 12.5. The molecular weight excluding hydrogens is 276 g/mol.